The van der Waals surface area contributed by atoms with E-state index in [9.17, 15) is 9.90 Å². The number of hydrogen-bond donors (Lipinski definition) is 2. The van der Waals surface area contributed by atoms with Crippen LogP contribution in [0.2, 0.25) is 0 Å². The van der Waals surface area contributed by atoms with Crippen LogP contribution in [0.4, 0.5) is 0 Å². The van der Waals surface area contributed by atoms with E-state index in [1.807, 2.05) is 77.4 Å². The Bertz CT molecular complexity index is 1220. The zero-order valence-corrected chi connectivity index (χ0v) is 18.7. The van der Waals surface area contributed by atoms with Gasteiger partial charge in [0.25, 0.3) is 0 Å². The van der Waals surface area contributed by atoms with E-state index in [-0.39, 0.29) is 0 Å². The fourth-order valence-corrected chi connectivity index (χ4v) is 4.27. The molecule has 5 nitrogen and oxygen atoms in total. The minimum atomic E-state index is -0.941. The van der Waals surface area contributed by atoms with Crippen molar-refractivity contribution in [2.45, 2.75) is 19.6 Å². The molecule has 1 heterocycles. The monoisotopic (exact) mass is 478 g/mol. The molecule has 0 aliphatic heterocycles. The Kier molecular flexibility index (Phi) is 6.39. The van der Waals surface area contributed by atoms with Crippen molar-refractivity contribution in [1.29, 1.82) is 0 Å². The van der Waals surface area contributed by atoms with E-state index in [2.05, 4.69) is 21.2 Å². The minimum absolute atomic E-state index is 0.298. The van der Waals surface area contributed by atoms with Crippen molar-refractivity contribution < 1.29 is 14.6 Å². The highest BCUT2D eigenvalue weighted by atomic mass is 79.9. The van der Waals surface area contributed by atoms with Gasteiger partial charge in [0.1, 0.15) is 11.4 Å². The quantitative estimate of drug-likeness (QED) is 0.353. The van der Waals surface area contributed by atoms with Gasteiger partial charge >= 0.3 is 5.97 Å². The van der Waals surface area contributed by atoms with Crippen LogP contribution in [0.5, 0.6) is 5.75 Å². The summed E-state index contributed by atoms with van der Waals surface area (Å²) in [6.45, 7) is 1.53. The largest absolute Gasteiger partial charge is 0.497 e. The zero-order valence-electron chi connectivity index (χ0n) is 17.1. The molecule has 2 N–H and O–H groups in total. The first-order chi connectivity index (χ1) is 15.1. The highest BCUT2D eigenvalue weighted by Crippen LogP contribution is 2.31. The van der Waals surface area contributed by atoms with Gasteiger partial charge < -0.3 is 19.7 Å². The van der Waals surface area contributed by atoms with Crippen LogP contribution in [0.15, 0.2) is 77.3 Å². The maximum absolute atomic E-state index is 12.4. The molecule has 0 bridgehead atoms. The van der Waals surface area contributed by atoms with E-state index in [1.165, 1.54) is 0 Å². The van der Waals surface area contributed by atoms with Crippen LogP contribution in [-0.4, -0.2) is 22.8 Å². The van der Waals surface area contributed by atoms with Crippen molar-refractivity contribution in [3.8, 4) is 5.75 Å². The Balaban J connectivity index is 1.75. The van der Waals surface area contributed by atoms with Crippen molar-refractivity contribution in [3.63, 3.8) is 0 Å². The molecule has 0 fully saturated rings. The fraction of sp³-hybridized carbons (Fsp3) is 0.160. The van der Waals surface area contributed by atoms with Crippen molar-refractivity contribution in [3.05, 3.63) is 99.7 Å². The average molecular weight is 479 g/mol. The molecule has 0 saturated carbocycles. The third-order valence-electron chi connectivity index (χ3n) is 5.34. The van der Waals surface area contributed by atoms with Crippen molar-refractivity contribution in [2.75, 3.05) is 7.11 Å². The maximum atomic E-state index is 12.4. The number of aromatic nitrogens is 1. The number of rotatable bonds is 8. The Morgan fingerprint density at radius 2 is 1.77 bits per heavy atom. The number of halogens is 1. The molecule has 6 heteroatoms. The summed E-state index contributed by atoms with van der Waals surface area (Å²) in [5.41, 5.74) is 4.07. The summed E-state index contributed by atoms with van der Waals surface area (Å²) in [4.78, 5) is 12.4. The third kappa shape index (κ3) is 4.50. The van der Waals surface area contributed by atoms with Crippen LogP contribution in [0, 0.1) is 0 Å². The lowest BCUT2D eigenvalue weighted by Crippen LogP contribution is -2.17. The molecule has 31 heavy (non-hydrogen) atoms. The molecule has 0 saturated heterocycles. The smallest absolute Gasteiger partial charge is 0.352 e. The number of aromatic carboxylic acids is 1. The molecule has 0 atom stereocenters. The fourth-order valence-electron chi connectivity index (χ4n) is 3.85. The summed E-state index contributed by atoms with van der Waals surface area (Å²) in [5, 5.41) is 14.5. The molecule has 4 rings (SSSR count). The number of carboxylic acids is 1. The Hall–Kier alpha value is -3.09. The first-order valence-electron chi connectivity index (χ1n) is 9.99. The van der Waals surface area contributed by atoms with E-state index in [1.54, 1.807) is 7.11 Å². The number of nitrogens with one attached hydrogen (secondary N) is 1. The van der Waals surface area contributed by atoms with Gasteiger partial charge in [0.05, 0.1) is 12.6 Å². The molecule has 0 radical (unpaired) electrons. The van der Waals surface area contributed by atoms with Gasteiger partial charge in [-0.1, -0.05) is 64.5 Å². The van der Waals surface area contributed by atoms with Gasteiger partial charge in [0.2, 0.25) is 0 Å². The Morgan fingerprint density at radius 3 is 2.48 bits per heavy atom. The topological polar surface area (TPSA) is 63.5 Å². The second-order valence-electron chi connectivity index (χ2n) is 7.28. The Morgan fingerprint density at radius 1 is 1.03 bits per heavy atom. The Labute approximate surface area is 189 Å². The van der Waals surface area contributed by atoms with Gasteiger partial charge in [0, 0.05) is 41.1 Å². The lowest BCUT2D eigenvalue weighted by molar-refractivity contribution is 0.0684. The number of benzene rings is 3. The SMILES string of the molecule is COc1ccc2c(CNCc3ccccc3Br)c(C(=O)O)n(Cc3ccccc3)c2c1. The van der Waals surface area contributed by atoms with E-state index in [0.29, 0.717) is 31.1 Å². The summed E-state index contributed by atoms with van der Waals surface area (Å²) in [7, 11) is 1.62. The number of ether oxygens (including phenoxy) is 1. The van der Waals surface area contributed by atoms with Gasteiger partial charge in [-0.15, -0.1) is 0 Å². The normalized spacial score (nSPS) is 11.0. The van der Waals surface area contributed by atoms with Gasteiger partial charge in [-0.25, -0.2) is 4.79 Å². The molecule has 0 aliphatic rings. The predicted octanol–water partition coefficient (Wildman–Crippen LogP) is 5.45. The van der Waals surface area contributed by atoms with E-state index >= 15 is 0 Å². The van der Waals surface area contributed by atoms with Gasteiger partial charge in [-0.2, -0.15) is 0 Å². The zero-order chi connectivity index (χ0) is 21.8. The highest BCUT2D eigenvalue weighted by Gasteiger charge is 2.23. The standard InChI is InChI=1S/C25H23BrN2O3/c1-31-19-11-12-20-21(15-27-14-18-9-5-6-10-22(18)26)24(25(29)30)28(23(20)13-19)16-17-7-3-2-4-8-17/h2-13,27H,14-16H2,1H3,(H,29,30). The number of fused-ring (bicyclic) bond motifs is 1. The van der Waals surface area contributed by atoms with Crippen LogP contribution in [0.1, 0.15) is 27.2 Å². The molecule has 0 spiro atoms. The lowest BCUT2D eigenvalue weighted by Gasteiger charge is -2.10. The lowest BCUT2D eigenvalue weighted by atomic mass is 10.1. The summed E-state index contributed by atoms with van der Waals surface area (Å²) >= 11 is 3.57. The highest BCUT2D eigenvalue weighted by molar-refractivity contribution is 9.10. The summed E-state index contributed by atoms with van der Waals surface area (Å²) < 4.78 is 8.30. The molecular weight excluding hydrogens is 456 g/mol. The van der Waals surface area contributed by atoms with Crippen LogP contribution < -0.4 is 10.1 Å². The van der Waals surface area contributed by atoms with Crippen LogP contribution >= 0.6 is 15.9 Å². The third-order valence-corrected chi connectivity index (χ3v) is 6.11. The number of carboxylic acid groups (broad SMARTS) is 1. The molecule has 4 aromatic rings. The molecule has 0 amide bonds. The molecule has 0 aliphatic carbocycles. The van der Waals surface area contributed by atoms with Crippen LogP contribution in [-0.2, 0) is 19.6 Å². The van der Waals surface area contributed by atoms with Gasteiger partial charge in [0.15, 0.2) is 0 Å². The summed E-state index contributed by atoms with van der Waals surface area (Å²) in [6, 6.07) is 23.6. The average Bonchev–Trinajstić information content (AvgIpc) is 3.08. The van der Waals surface area contributed by atoms with Crippen molar-refractivity contribution in [2.24, 2.45) is 0 Å². The summed E-state index contributed by atoms with van der Waals surface area (Å²) in [6.07, 6.45) is 0. The number of nitrogens with zero attached hydrogens (tertiary/aromatic N) is 1. The minimum Gasteiger partial charge on any atom is -0.497 e. The van der Waals surface area contributed by atoms with Crippen molar-refractivity contribution in [1.82, 2.24) is 9.88 Å². The maximum Gasteiger partial charge on any atom is 0.352 e. The number of carbonyl (C=O) groups is 1. The molecule has 0 unspecified atom stereocenters. The second-order valence-corrected chi connectivity index (χ2v) is 8.14. The van der Waals surface area contributed by atoms with Gasteiger partial charge in [-0.3, -0.25) is 0 Å². The number of methoxy groups -OCH3 is 1. The predicted molar refractivity (Wildman–Crippen MR) is 126 cm³/mol. The van der Waals surface area contributed by atoms with Crippen LogP contribution in [0.3, 0.4) is 0 Å². The second kappa shape index (κ2) is 9.37. The summed E-state index contributed by atoms with van der Waals surface area (Å²) in [5.74, 6) is -0.243. The van der Waals surface area contributed by atoms with E-state index < -0.39 is 5.97 Å². The molecular formula is C25H23BrN2O3. The number of hydrogen-bond acceptors (Lipinski definition) is 3. The van der Waals surface area contributed by atoms with Crippen molar-refractivity contribution >= 4 is 32.8 Å². The first-order valence-corrected chi connectivity index (χ1v) is 10.8. The molecule has 158 valence electrons. The van der Waals surface area contributed by atoms with Gasteiger partial charge in [-0.05, 0) is 29.3 Å². The van der Waals surface area contributed by atoms with E-state index in [4.69, 9.17) is 4.74 Å². The molecule has 1 aromatic heterocycles. The van der Waals surface area contributed by atoms with E-state index in [0.717, 1.165) is 32.1 Å². The van der Waals surface area contributed by atoms with Crippen LogP contribution in [0.25, 0.3) is 10.9 Å². The molecule has 3 aromatic carbocycles. The first kappa shape index (κ1) is 21.2.